The molecule has 0 N–H and O–H groups in total. The van der Waals surface area contributed by atoms with E-state index in [4.69, 9.17) is 0 Å². The van der Waals surface area contributed by atoms with E-state index in [1.807, 2.05) is 0 Å². The largest absolute Gasteiger partial charge is 0.371 e. The minimum absolute atomic E-state index is 0.746. The lowest BCUT2D eigenvalue weighted by molar-refractivity contribution is 0.401. The van der Waals surface area contributed by atoms with E-state index in [-0.39, 0.29) is 0 Å². The fraction of sp³-hybridized carbons (Fsp3) is 0.500. The summed E-state index contributed by atoms with van der Waals surface area (Å²) < 4.78 is 1.20. The molecule has 2 rings (SSSR count). The van der Waals surface area contributed by atoms with Crippen LogP contribution in [0.5, 0.6) is 0 Å². The molecule has 1 saturated carbocycles. The lowest BCUT2D eigenvalue weighted by Crippen LogP contribution is -2.37. The fourth-order valence-electron chi connectivity index (χ4n) is 1.89. The smallest absolute Gasteiger partial charge is 0.0510 e. The van der Waals surface area contributed by atoms with Crippen molar-refractivity contribution in [2.75, 3.05) is 11.9 Å². The molecule has 0 bridgehead atoms. The van der Waals surface area contributed by atoms with E-state index in [9.17, 15) is 0 Å². The third-order valence-corrected chi connectivity index (χ3v) is 4.45. The third kappa shape index (κ3) is 2.39. The average Bonchev–Trinajstić information content (AvgIpc) is 2.14. The summed E-state index contributed by atoms with van der Waals surface area (Å²) in [6.45, 7) is 0. The molecule has 0 radical (unpaired) electrons. The van der Waals surface area contributed by atoms with Gasteiger partial charge in [-0.05, 0) is 52.9 Å². The predicted molar refractivity (Wildman–Crippen MR) is 72.8 cm³/mol. The maximum atomic E-state index is 3.65. The van der Waals surface area contributed by atoms with Crippen LogP contribution in [0, 0.1) is 0 Å². The highest BCUT2D eigenvalue weighted by atomic mass is 79.9. The number of benzene rings is 1. The van der Waals surface area contributed by atoms with Crippen molar-refractivity contribution in [2.45, 2.75) is 30.6 Å². The van der Waals surface area contributed by atoms with E-state index in [2.05, 4.69) is 62.0 Å². The Kier molecular flexibility index (Phi) is 3.73. The second kappa shape index (κ2) is 4.88. The Bertz CT molecular complexity index is 347. The van der Waals surface area contributed by atoms with E-state index in [0.717, 1.165) is 11.4 Å². The molecule has 0 aromatic heterocycles. The van der Waals surface area contributed by atoms with Crippen molar-refractivity contribution in [3.8, 4) is 0 Å². The molecule has 3 heteroatoms. The Hall–Kier alpha value is -0.0200. The molecular weight excluding hydrogens is 318 g/mol. The van der Waals surface area contributed by atoms with E-state index in [0.29, 0.717) is 0 Å². The standard InChI is InChI=1S/C12H15Br2N/c1-15(10-3-2-4-10)12-6-5-9(8-13)7-11(12)14/h5-7,10H,2-4,8H2,1H3. The SMILES string of the molecule is CN(c1ccc(CBr)cc1Br)C1CCC1. The molecule has 0 aliphatic heterocycles. The first-order valence-electron chi connectivity index (χ1n) is 5.29. The van der Waals surface area contributed by atoms with Crippen LogP contribution in [0.2, 0.25) is 0 Å². The molecule has 0 atom stereocenters. The predicted octanol–water partition coefficient (Wildman–Crippen LogP) is 4.33. The number of hydrogen-bond donors (Lipinski definition) is 0. The van der Waals surface area contributed by atoms with Crippen molar-refractivity contribution in [3.05, 3.63) is 28.2 Å². The second-order valence-electron chi connectivity index (χ2n) is 4.12. The molecule has 1 fully saturated rings. The van der Waals surface area contributed by atoms with E-state index >= 15 is 0 Å². The topological polar surface area (TPSA) is 3.24 Å². The summed E-state index contributed by atoms with van der Waals surface area (Å²) >= 11 is 7.12. The normalized spacial score (nSPS) is 16.2. The van der Waals surface area contributed by atoms with Crippen LogP contribution in [-0.2, 0) is 5.33 Å². The maximum Gasteiger partial charge on any atom is 0.0510 e. The van der Waals surface area contributed by atoms with Gasteiger partial charge >= 0.3 is 0 Å². The molecule has 1 aliphatic carbocycles. The average molecular weight is 333 g/mol. The summed E-state index contributed by atoms with van der Waals surface area (Å²) in [6.07, 6.45) is 4.05. The van der Waals surface area contributed by atoms with Gasteiger partial charge in [-0.2, -0.15) is 0 Å². The van der Waals surface area contributed by atoms with Crippen LogP contribution in [0.4, 0.5) is 5.69 Å². The molecule has 1 aliphatic rings. The molecule has 1 aromatic rings. The molecule has 0 unspecified atom stereocenters. The molecule has 1 nitrogen and oxygen atoms in total. The van der Waals surface area contributed by atoms with Crippen molar-refractivity contribution in [1.82, 2.24) is 0 Å². The quantitative estimate of drug-likeness (QED) is 0.744. The molecule has 0 heterocycles. The first-order chi connectivity index (χ1) is 7.22. The number of anilines is 1. The Morgan fingerprint density at radius 1 is 1.40 bits per heavy atom. The lowest BCUT2D eigenvalue weighted by Gasteiger charge is -2.37. The number of nitrogens with zero attached hydrogens (tertiary/aromatic N) is 1. The van der Waals surface area contributed by atoms with Gasteiger partial charge < -0.3 is 4.90 Å². The summed E-state index contributed by atoms with van der Waals surface area (Å²) in [5.41, 5.74) is 2.62. The Morgan fingerprint density at radius 2 is 2.13 bits per heavy atom. The molecule has 0 spiro atoms. The van der Waals surface area contributed by atoms with Crippen LogP contribution in [-0.4, -0.2) is 13.1 Å². The van der Waals surface area contributed by atoms with E-state index < -0.39 is 0 Å². The zero-order valence-electron chi connectivity index (χ0n) is 8.84. The van der Waals surface area contributed by atoms with E-state index in [1.165, 1.54) is 35.0 Å². The number of hydrogen-bond acceptors (Lipinski definition) is 1. The van der Waals surface area contributed by atoms with Gasteiger partial charge in [0.1, 0.15) is 0 Å². The minimum atomic E-state index is 0.746. The van der Waals surface area contributed by atoms with Gasteiger partial charge in [0.2, 0.25) is 0 Å². The molecular formula is C12H15Br2N. The maximum absolute atomic E-state index is 3.65. The van der Waals surface area contributed by atoms with Crippen molar-refractivity contribution >= 4 is 37.5 Å². The third-order valence-electron chi connectivity index (χ3n) is 3.17. The van der Waals surface area contributed by atoms with Gasteiger partial charge in [0.05, 0.1) is 5.69 Å². The lowest BCUT2D eigenvalue weighted by atomic mass is 9.91. The Labute approximate surface area is 108 Å². The molecule has 0 saturated heterocycles. The summed E-state index contributed by atoms with van der Waals surface area (Å²) in [4.78, 5) is 2.39. The zero-order valence-corrected chi connectivity index (χ0v) is 12.0. The number of rotatable bonds is 3. The molecule has 1 aromatic carbocycles. The van der Waals surface area contributed by atoms with Gasteiger partial charge in [-0.25, -0.2) is 0 Å². The van der Waals surface area contributed by atoms with Crippen LogP contribution in [0.15, 0.2) is 22.7 Å². The van der Waals surface area contributed by atoms with Crippen molar-refractivity contribution < 1.29 is 0 Å². The van der Waals surface area contributed by atoms with Crippen LogP contribution in [0.25, 0.3) is 0 Å². The van der Waals surface area contributed by atoms with Crippen LogP contribution in [0.3, 0.4) is 0 Å². The van der Waals surface area contributed by atoms with Crippen LogP contribution in [0.1, 0.15) is 24.8 Å². The summed E-state index contributed by atoms with van der Waals surface area (Å²) in [5.74, 6) is 0. The Balaban J connectivity index is 2.19. The first kappa shape index (κ1) is 11.5. The highest BCUT2D eigenvalue weighted by molar-refractivity contribution is 9.10. The van der Waals surface area contributed by atoms with Gasteiger partial charge in [0, 0.05) is 22.9 Å². The molecule has 0 amide bonds. The van der Waals surface area contributed by atoms with Crippen LogP contribution < -0.4 is 4.90 Å². The number of halogens is 2. The van der Waals surface area contributed by atoms with Gasteiger partial charge in [-0.1, -0.05) is 22.0 Å². The van der Waals surface area contributed by atoms with Crippen molar-refractivity contribution in [3.63, 3.8) is 0 Å². The van der Waals surface area contributed by atoms with Gasteiger partial charge in [0.25, 0.3) is 0 Å². The number of alkyl halides is 1. The van der Waals surface area contributed by atoms with Crippen molar-refractivity contribution in [1.29, 1.82) is 0 Å². The highest BCUT2D eigenvalue weighted by Crippen LogP contribution is 2.33. The summed E-state index contributed by atoms with van der Waals surface area (Å²) in [6, 6.07) is 7.33. The van der Waals surface area contributed by atoms with Gasteiger partial charge in [-0.3, -0.25) is 0 Å². The van der Waals surface area contributed by atoms with Crippen LogP contribution >= 0.6 is 31.9 Å². The first-order valence-corrected chi connectivity index (χ1v) is 7.21. The summed E-state index contributed by atoms with van der Waals surface area (Å²) in [5, 5.41) is 0.916. The van der Waals surface area contributed by atoms with Crippen molar-refractivity contribution in [2.24, 2.45) is 0 Å². The Morgan fingerprint density at radius 3 is 2.60 bits per heavy atom. The fourth-order valence-corrected chi connectivity index (χ4v) is 2.94. The monoisotopic (exact) mass is 331 g/mol. The molecule has 15 heavy (non-hydrogen) atoms. The molecule has 82 valence electrons. The van der Waals surface area contributed by atoms with Gasteiger partial charge in [0.15, 0.2) is 0 Å². The second-order valence-corrected chi connectivity index (χ2v) is 5.53. The van der Waals surface area contributed by atoms with Gasteiger partial charge in [-0.15, -0.1) is 0 Å². The summed E-state index contributed by atoms with van der Waals surface area (Å²) in [7, 11) is 2.19. The van der Waals surface area contributed by atoms with E-state index in [1.54, 1.807) is 0 Å². The highest BCUT2D eigenvalue weighted by Gasteiger charge is 2.23. The zero-order chi connectivity index (χ0) is 10.8. The minimum Gasteiger partial charge on any atom is -0.371 e.